The third-order valence-corrected chi connectivity index (χ3v) is 6.76. The molecule has 27 heavy (non-hydrogen) atoms. The SMILES string of the molecule is Cc1nc2ccccc2n1CCC(=O)N1C[C@H]2CC[C@@H](C1)N(CC1CC1)C2. The molecule has 4 aliphatic rings. The van der Waals surface area contributed by atoms with Crippen molar-refractivity contribution in [1.82, 2.24) is 19.4 Å². The summed E-state index contributed by atoms with van der Waals surface area (Å²) in [7, 11) is 0. The van der Waals surface area contributed by atoms with Crippen molar-refractivity contribution >= 4 is 16.9 Å². The zero-order valence-electron chi connectivity index (χ0n) is 16.3. The van der Waals surface area contributed by atoms with E-state index in [-0.39, 0.29) is 0 Å². The number of benzene rings is 1. The number of imidazole rings is 1. The van der Waals surface area contributed by atoms with Crippen molar-refractivity contribution in [3.8, 4) is 0 Å². The Hall–Kier alpha value is -1.88. The van der Waals surface area contributed by atoms with Gasteiger partial charge in [-0.3, -0.25) is 9.69 Å². The van der Waals surface area contributed by atoms with E-state index in [1.807, 2.05) is 25.1 Å². The number of piperidine rings is 1. The highest BCUT2D eigenvalue weighted by atomic mass is 16.2. The van der Waals surface area contributed by atoms with E-state index < -0.39 is 0 Å². The second kappa shape index (κ2) is 6.93. The minimum atomic E-state index is 0.317. The third-order valence-electron chi connectivity index (χ3n) is 6.76. The smallest absolute Gasteiger partial charge is 0.224 e. The van der Waals surface area contributed by atoms with Crippen LogP contribution in [0.3, 0.4) is 0 Å². The van der Waals surface area contributed by atoms with Crippen molar-refractivity contribution < 1.29 is 4.79 Å². The number of aromatic nitrogens is 2. The average Bonchev–Trinajstić information content (AvgIpc) is 3.47. The van der Waals surface area contributed by atoms with E-state index in [1.54, 1.807) is 0 Å². The van der Waals surface area contributed by atoms with E-state index >= 15 is 0 Å². The number of rotatable bonds is 5. The molecule has 0 N–H and O–H groups in total. The highest BCUT2D eigenvalue weighted by Crippen LogP contribution is 2.35. The van der Waals surface area contributed by atoms with Gasteiger partial charge in [0.2, 0.25) is 5.91 Å². The Balaban J connectivity index is 1.25. The van der Waals surface area contributed by atoms with Crippen molar-refractivity contribution in [2.75, 3.05) is 26.2 Å². The Kier molecular flexibility index (Phi) is 4.43. The van der Waals surface area contributed by atoms with Gasteiger partial charge in [-0.05, 0) is 56.6 Å². The predicted molar refractivity (Wildman–Crippen MR) is 106 cm³/mol. The Labute approximate surface area is 161 Å². The van der Waals surface area contributed by atoms with Crippen molar-refractivity contribution in [1.29, 1.82) is 0 Å². The molecule has 1 aromatic heterocycles. The third kappa shape index (κ3) is 3.49. The summed E-state index contributed by atoms with van der Waals surface area (Å²) < 4.78 is 2.19. The monoisotopic (exact) mass is 366 g/mol. The number of nitrogens with zero attached hydrogens (tertiary/aromatic N) is 4. The van der Waals surface area contributed by atoms with E-state index in [1.165, 1.54) is 38.8 Å². The molecule has 0 radical (unpaired) electrons. The fourth-order valence-corrected chi connectivity index (χ4v) is 5.08. The van der Waals surface area contributed by atoms with Crippen LogP contribution in [0.25, 0.3) is 11.0 Å². The minimum Gasteiger partial charge on any atom is -0.341 e. The summed E-state index contributed by atoms with van der Waals surface area (Å²) in [6.45, 7) is 7.13. The van der Waals surface area contributed by atoms with Crippen LogP contribution in [0.4, 0.5) is 0 Å². The number of aryl methyl sites for hydroxylation is 2. The lowest BCUT2D eigenvalue weighted by Crippen LogP contribution is -2.45. The molecule has 3 aliphatic heterocycles. The first-order valence-corrected chi connectivity index (χ1v) is 10.6. The maximum Gasteiger partial charge on any atom is 0.224 e. The number of carbonyl (C=O) groups is 1. The lowest BCUT2D eigenvalue weighted by Gasteiger charge is -2.36. The zero-order chi connectivity index (χ0) is 18.4. The van der Waals surface area contributed by atoms with Gasteiger partial charge in [0.15, 0.2) is 0 Å². The first kappa shape index (κ1) is 17.2. The van der Waals surface area contributed by atoms with Crippen LogP contribution < -0.4 is 0 Å². The number of para-hydroxylation sites is 2. The number of carbonyl (C=O) groups excluding carboxylic acids is 1. The molecule has 4 fully saturated rings. The van der Waals surface area contributed by atoms with Crippen LogP contribution in [0.2, 0.25) is 0 Å². The van der Waals surface area contributed by atoms with Crippen LogP contribution in [0.1, 0.15) is 37.9 Å². The average molecular weight is 367 g/mol. The van der Waals surface area contributed by atoms with Crippen molar-refractivity contribution in [3.63, 3.8) is 0 Å². The van der Waals surface area contributed by atoms with Crippen LogP contribution in [-0.2, 0) is 11.3 Å². The van der Waals surface area contributed by atoms with Crippen molar-refractivity contribution in [3.05, 3.63) is 30.1 Å². The van der Waals surface area contributed by atoms with Gasteiger partial charge in [-0.1, -0.05) is 12.1 Å². The van der Waals surface area contributed by atoms with Crippen LogP contribution in [0.5, 0.6) is 0 Å². The summed E-state index contributed by atoms with van der Waals surface area (Å²) in [5.41, 5.74) is 2.15. The second-order valence-corrected chi connectivity index (χ2v) is 8.84. The summed E-state index contributed by atoms with van der Waals surface area (Å²) in [5, 5.41) is 0. The maximum absolute atomic E-state index is 13.0. The Morgan fingerprint density at radius 1 is 1.11 bits per heavy atom. The molecule has 2 aromatic rings. The minimum absolute atomic E-state index is 0.317. The quantitative estimate of drug-likeness (QED) is 0.817. The molecule has 144 valence electrons. The summed E-state index contributed by atoms with van der Waals surface area (Å²) in [5.74, 6) is 2.92. The van der Waals surface area contributed by atoms with Gasteiger partial charge in [-0.2, -0.15) is 0 Å². The van der Waals surface area contributed by atoms with E-state index in [0.717, 1.165) is 42.4 Å². The standard InChI is InChI=1S/C22H30N4O/c1-16-23-20-4-2-3-5-21(20)26(16)11-10-22(27)25-14-18-8-9-19(15-25)24(13-18)12-17-6-7-17/h2-5,17-19H,6-15H2,1H3/t18-,19-/m0/s1. The molecule has 0 spiro atoms. The molecular weight excluding hydrogens is 336 g/mol. The van der Waals surface area contributed by atoms with Gasteiger partial charge in [-0.25, -0.2) is 4.98 Å². The molecule has 1 aromatic carbocycles. The number of hydrogen-bond donors (Lipinski definition) is 0. The van der Waals surface area contributed by atoms with E-state index in [4.69, 9.17) is 0 Å². The van der Waals surface area contributed by atoms with Gasteiger partial charge in [0.25, 0.3) is 0 Å². The summed E-state index contributed by atoms with van der Waals surface area (Å²) >= 11 is 0. The molecule has 1 saturated carbocycles. The molecular formula is C22H30N4O. The van der Waals surface area contributed by atoms with Crippen LogP contribution in [0.15, 0.2) is 24.3 Å². The molecule has 6 rings (SSSR count). The van der Waals surface area contributed by atoms with E-state index in [9.17, 15) is 4.79 Å². The fourth-order valence-electron chi connectivity index (χ4n) is 5.08. The van der Waals surface area contributed by atoms with Gasteiger partial charge in [0, 0.05) is 45.2 Å². The van der Waals surface area contributed by atoms with Gasteiger partial charge < -0.3 is 9.47 Å². The molecule has 5 heteroatoms. The predicted octanol–water partition coefficient (Wildman–Crippen LogP) is 3.07. The molecule has 0 unspecified atom stereocenters. The highest BCUT2D eigenvalue weighted by Gasteiger charge is 2.38. The van der Waals surface area contributed by atoms with Gasteiger partial charge >= 0.3 is 0 Å². The number of amides is 1. The van der Waals surface area contributed by atoms with Crippen molar-refractivity contribution in [2.24, 2.45) is 11.8 Å². The lowest BCUT2D eigenvalue weighted by atomic mass is 9.95. The van der Waals surface area contributed by atoms with E-state index in [0.29, 0.717) is 24.3 Å². The highest BCUT2D eigenvalue weighted by molar-refractivity contribution is 5.78. The molecule has 5 nitrogen and oxygen atoms in total. The summed E-state index contributed by atoms with van der Waals surface area (Å²) in [6, 6.07) is 8.79. The topological polar surface area (TPSA) is 41.4 Å². The zero-order valence-corrected chi connectivity index (χ0v) is 16.3. The second-order valence-electron chi connectivity index (χ2n) is 8.84. The molecule has 2 atom stereocenters. The molecule has 4 heterocycles. The number of fused-ring (bicyclic) bond motifs is 5. The maximum atomic E-state index is 13.0. The van der Waals surface area contributed by atoms with Crippen LogP contribution in [-0.4, -0.2) is 57.5 Å². The first-order valence-electron chi connectivity index (χ1n) is 10.6. The van der Waals surface area contributed by atoms with Crippen LogP contribution in [0, 0.1) is 18.8 Å². The normalized spacial score (nSPS) is 25.9. The fraction of sp³-hybridized carbons (Fsp3) is 0.636. The molecule has 2 bridgehead atoms. The summed E-state index contributed by atoms with van der Waals surface area (Å²) in [6.07, 6.45) is 5.96. The molecule has 1 aliphatic carbocycles. The lowest BCUT2D eigenvalue weighted by molar-refractivity contribution is -0.131. The van der Waals surface area contributed by atoms with Crippen molar-refractivity contribution in [2.45, 2.75) is 51.6 Å². The Bertz CT molecular complexity index is 840. The van der Waals surface area contributed by atoms with Gasteiger partial charge in [0.1, 0.15) is 5.82 Å². The Morgan fingerprint density at radius 2 is 1.96 bits per heavy atom. The van der Waals surface area contributed by atoms with Crippen LogP contribution >= 0.6 is 0 Å². The van der Waals surface area contributed by atoms with E-state index in [2.05, 4.69) is 25.4 Å². The molecule has 3 saturated heterocycles. The summed E-state index contributed by atoms with van der Waals surface area (Å²) in [4.78, 5) is 22.5. The molecule has 1 amide bonds. The largest absolute Gasteiger partial charge is 0.341 e. The van der Waals surface area contributed by atoms with Gasteiger partial charge in [0.05, 0.1) is 11.0 Å². The Morgan fingerprint density at radius 3 is 2.81 bits per heavy atom. The number of hydrogen-bond acceptors (Lipinski definition) is 3. The van der Waals surface area contributed by atoms with Gasteiger partial charge in [-0.15, -0.1) is 0 Å². The first-order chi connectivity index (χ1) is 13.2.